The summed E-state index contributed by atoms with van der Waals surface area (Å²) in [6.45, 7) is 3.28. The van der Waals surface area contributed by atoms with Crippen LogP contribution in [-0.2, 0) is 14.8 Å². The second kappa shape index (κ2) is 10.1. The molecule has 0 bridgehead atoms. The van der Waals surface area contributed by atoms with E-state index in [4.69, 9.17) is 9.47 Å². The standard InChI is InChI=1S/C23H23N7O5S/c1-14-12-25-21(26-13-14)20(35-4)15(2)36(32,33)29-23-28-27-22(16-8-5-6-11-24-16)30(23)19-17(31)9-7-10-18(19)34-3/h6-7,9-13,15,20,31H,1-4H3,(H,28,29)/t15-,20-/m0/s1. The lowest BCUT2D eigenvalue weighted by Crippen LogP contribution is -2.33. The summed E-state index contributed by atoms with van der Waals surface area (Å²) >= 11 is 0. The Labute approximate surface area is 207 Å². The zero-order valence-corrected chi connectivity index (χ0v) is 20.7. The minimum absolute atomic E-state index is 0.0992. The molecular weight excluding hydrogens is 486 g/mol. The lowest BCUT2D eigenvalue weighted by molar-refractivity contribution is 0.0949. The molecule has 0 aliphatic carbocycles. The Morgan fingerprint density at radius 3 is 2.56 bits per heavy atom. The smallest absolute Gasteiger partial charge is 0.243 e. The average molecular weight is 510 g/mol. The van der Waals surface area contributed by atoms with Gasteiger partial charge in [0.05, 0.1) is 7.11 Å². The lowest BCUT2D eigenvalue weighted by Gasteiger charge is -2.22. The first-order chi connectivity index (χ1) is 17.3. The monoisotopic (exact) mass is 509 g/mol. The van der Waals surface area contributed by atoms with Crippen molar-refractivity contribution in [3.63, 3.8) is 0 Å². The van der Waals surface area contributed by atoms with E-state index in [1.807, 2.05) is 6.92 Å². The van der Waals surface area contributed by atoms with Crippen molar-refractivity contribution < 1.29 is 23.0 Å². The number of aromatic nitrogens is 5. The molecule has 186 valence electrons. The topological polar surface area (TPSA) is 154 Å². The van der Waals surface area contributed by atoms with Crippen LogP contribution < -0.4 is 9.46 Å². The van der Waals surface area contributed by atoms with Gasteiger partial charge < -0.3 is 14.6 Å². The fourth-order valence-electron chi connectivity index (χ4n) is 3.46. The number of ether oxygens (including phenoxy) is 2. The third-order valence-corrected chi connectivity index (χ3v) is 7.00. The van der Waals surface area contributed by atoms with Gasteiger partial charge in [0.2, 0.25) is 16.0 Å². The first kappa shape index (κ1) is 24.8. The van der Waals surface area contributed by atoms with Crippen LogP contribution in [0.3, 0.4) is 0 Å². The van der Waals surface area contributed by atoms with Gasteiger partial charge >= 0.3 is 0 Å². The molecule has 0 saturated carbocycles. The second-order valence-electron chi connectivity index (χ2n) is 7.70. The molecule has 1 aromatic carbocycles. The van der Waals surface area contributed by atoms with Gasteiger partial charge in [-0.3, -0.25) is 9.29 Å². The highest BCUT2D eigenvalue weighted by molar-refractivity contribution is 7.93. The van der Waals surface area contributed by atoms with Crippen molar-refractivity contribution in [1.82, 2.24) is 24.7 Å². The molecule has 1 aliphatic rings. The molecular formula is C23H23N7O5S. The number of aryl methyl sites for hydroxylation is 1. The van der Waals surface area contributed by atoms with Gasteiger partial charge in [0.25, 0.3) is 0 Å². The summed E-state index contributed by atoms with van der Waals surface area (Å²) in [6, 6.07) is 4.61. The summed E-state index contributed by atoms with van der Waals surface area (Å²) in [5.74, 6) is 0.139. The maximum absolute atomic E-state index is 13.5. The molecule has 0 unspecified atom stereocenters. The Kier molecular flexibility index (Phi) is 7.00. The number of hydrogen-bond donors (Lipinski definition) is 2. The van der Waals surface area contributed by atoms with Crippen molar-refractivity contribution in [3.05, 3.63) is 65.3 Å². The Morgan fingerprint density at radius 2 is 1.92 bits per heavy atom. The number of para-hydroxylation sites is 1. The third-order valence-electron chi connectivity index (χ3n) is 5.31. The summed E-state index contributed by atoms with van der Waals surface area (Å²) in [7, 11) is -1.36. The number of nitrogens with one attached hydrogen (secondary N) is 1. The predicted molar refractivity (Wildman–Crippen MR) is 132 cm³/mol. The van der Waals surface area contributed by atoms with Crippen LogP contribution in [0.5, 0.6) is 11.5 Å². The number of aliphatic imine (C=N–C) groups is 1. The van der Waals surface area contributed by atoms with Crippen LogP contribution in [0.15, 0.2) is 53.1 Å². The molecule has 0 fully saturated rings. The van der Waals surface area contributed by atoms with Gasteiger partial charge in [-0.1, -0.05) is 11.8 Å². The van der Waals surface area contributed by atoms with E-state index in [2.05, 4.69) is 41.3 Å². The molecule has 4 rings (SSSR count). The average Bonchev–Trinajstić information content (AvgIpc) is 3.28. The van der Waals surface area contributed by atoms with E-state index in [9.17, 15) is 13.5 Å². The van der Waals surface area contributed by atoms with E-state index >= 15 is 0 Å². The molecule has 0 spiro atoms. The summed E-state index contributed by atoms with van der Waals surface area (Å²) in [4.78, 5) is 12.6. The number of rotatable bonds is 9. The van der Waals surface area contributed by atoms with Crippen molar-refractivity contribution >= 4 is 27.9 Å². The van der Waals surface area contributed by atoms with Crippen LogP contribution >= 0.6 is 0 Å². The van der Waals surface area contributed by atoms with Crippen molar-refractivity contribution in [1.29, 1.82) is 0 Å². The molecule has 0 amide bonds. The highest BCUT2D eigenvalue weighted by Gasteiger charge is 2.35. The van der Waals surface area contributed by atoms with Crippen molar-refractivity contribution in [2.24, 2.45) is 4.99 Å². The molecule has 3 aromatic rings. The van der Waals surface area contributed by atoms with E-state index in [-0.39, 0.29) is 40.5 Å². The molecule has 0 radical (unpaired) electrons. The van der Waals surface area contributed by atoms with Crippen molar-refractivity contribution in [3.8, 4) is 17.2 Å². The Morgan fingerprint density at radius 1 is 1.17 bits per heavy atom. The number of phenolic OH excluding ortho intramolecular Hbond substituents is 1. The summed E-state index contributed by atoms with van der Waals surface area (Å²) < 4.78 is 41.5. The SMILES string of the molecule is COc1cccc(O)c1-n1c(NS(=O)(=O)[C@@H](C)[C@H](OC)c2ncc(C)cn2)nnc1C1=C=C=CC=N1. The van der Waals surface area contributed by atoms with Gasteiger partial charge in [-0.15, -0.1) is 10.2 Å². The number of nitrogens with zero attached hydrogens (tertiary/aromatic N) is 6. The number of aromatic hydroxyl groups is 1. The number of benzene rings is 1. The Bertz CT molecular complexity index is 1520. The van der Waals surface area contributed by atoms with Crippen LogP contribution in [-0.4, -0.2) is 63.9 Å². The number of sulfonamides is 1. The van der Waals surface area contributed by atoms with Crippen LogP contribution in [0.4, 0.5) is 5.95 Å². The summed E-state index contributed by atoms with van der Waals surface area (Å²) in [5.41, 5.74) is 6.73. The highest BCUT2D eigenvalue weighted by atomic mass is 32.2. The van der Waals surface area contributed by atoms with Gasteiger partial charge in [0.15, 0.2) is 17.3 Å². The lowest BCUT2D eigenvalue weighted by atomic mass is 10.2. The molecule has 2 atom stereocenters. The first-order valence-corrected chi connectivity index (χ1v) is 12.2. The molecule has 3 heterocycles. The van der Waals surface area contributed by atoms with E-state index < -0.39 is 21.4 Å². The minimum Gasteiger partial charge on any atom is -0.506 e. The van der Waals surface area contributed by atoms with Crippen LogP contribution in [0, 0.1) is 6.92 Å². The van der Waals surface area contributed by atoms with Gasteiger partial charge in [-0.05, 0) is 37.3 Å². The van der Waals surface area contributed by atoms with Gasteiger partial charge in [-0.25, -0.2) is 23.4 Å². The first-order valence-electron chi connectivity index (χ1n) is 10.7. The number of hydrogen-bond acceptors (Lipinski definition) is 10. The van der Waals surface area contributed by atoms with E-state index in [0.29, 0.717) is 0 Å². The highest BCUT2D eigenvalue weighted by Crippen LogP contribution is 2.36. The maximum atomic E-state index is 13.5. The molecule has 13 heteroatoms. The molecule has 12 nitrogen and oxygen atoms in total. The van der Waals surface area contributed by atoms with Gasteiger partial charge in [0, 0.05) is 31.8 Å². The van der Waals surface area contributed by atoms with E-state index in [1.54, 1.807) is 30.6 Å². The third kappa shape index (κ3) is 4.77. The van der Waals surface area contributed by atoms with Gasteiger partial charge in [-0.2, -0.15) is 0 Å². The number of anilines is 1. The minimum atomic E-state index is -4.15. The van der Waals surface area contributed by atoms with E-state index in [0.717, 1.165) is 5.56 Å². The molecule has 0 saturated heterocycles. The van der Waals surface area contributed by atoms with Crippen LogP contribution in [0.25, 0.3) is 11.4 Å². The Hall–Kier alpha value is -4.28. The summed E-state index contributed by atoms with van der Waals surface area (Å²) in [5, 5.41) is 17.7. The predicted octanol–water partition coefficient (Wildman–Crippen LogP) is 2.33. The number of allylic oxidation sites excluding steroid dienone is 1. The van der Waals surface area contributed by atoms with Gasteiger partial charge in [0.1, 0.15) is 28.5 Å². The quantitative estimate of drug-likeness (QED) is 0.414. The number of phenols is 1. The Balaban J connectivity index is 1.81. The van der Waals surface area contributed by atoms with Crippen LogP contribution in [0.2, 0.25) is 0 Å². The molecule has 36 heavy (non-hydrogen) atoms. The molecule has 2 aromatic heterocycles. The fraction of sp³-hybridized carbons (Fsp3) is 0.261. The summed E-state index contributed by atoms with van der Waals surface area (Å²) in [6.07, 6.45) is 5.21. The normalized spacial score (nSPS) is 14.4. The van der Waals surface area contributed by atoms with Crippen molar-refractivity contribution in [2.75, 3.05) is 18.9 Å². The zero-order valence-electron chi connectivity index (χ0n) is 19.9. The number of methoxy groups -OCH3 is 2. The largest absolute Gasteiger partial charge is 0.506 e. The van der Waals surface area contributed by atoms with Crippen LogP contribution in [0.1, 0.15) is 30.2 Å². The second-order valence-corrected chi connectivity index (χ2v) is 9.74. The maximum Gasteiger partial charge on any atom is 0.243 e. The zero-order chi connectivity index (χ0) is 25.9. The van der Waals surface area contributed by atoms with E-state index in [1.165, 1.54) is 38.0 Å². The molecule has 2 N–H and O–H groups in total. The molecule has 1 aliphatic heterocycles. The van der Waals surface area contributed by atoms with Crippen molar-refractivity contribution in [2.45, 2.75) is 25.2 Å². The fourth-order valence-corrected chi connectivity index (χ4v) is 4.59.